The molecule has 2 aromatic heterocycles. The van der Waals surface area contributed by atoms with E-state index in [9.17, 15) is 35.6 Å². The van der Waals surface area contributed by atoms with Crippen LogP contribution in [0.1, 0.15) is 43.2 Å². The summed E-state index contributed by atoms with van der Waals surface area (Å²) in [5.41, 5.74) is -4.51. The topological polar surface area (TPSA) is 105 Å². The highest BCUT2D eigenvalue weighted by Gasteiger charge is 2.39. The molecule has 2 aliphatic rings. The molecule has 0 spiro atoms. The Labute approximate surface area is 272 Å². The number of alkyl halides is 3. The number of pyridine rings is 1. The van der Waals surface area contributed by atoms with Crippen molar-refractivity contribution >= 4 is 32.6 Å². The number of sulfone groups is 1. The van der Waals surface area contributed by atoms with Crippen molar-refractivity contribution in [2.24, 2.45) is 0 Å². The molecule has 1 atom stereocenters. The number of rotatable bonds is 6. The number of aromatic nitrogens is 3. The molecule has 3 heterocycles. The second-order valence-corrected chi connectivity index (χ2v) is 14.0. The van der Waals surface area contributed by atoms with Crippen molar-refractivity contribution in [3.05, 3.63) is 88.4 Å². The third kappa shape index (κ3) is 5.73. The molecule has 0 N–H and O–H groups in total. The molecule has 1 amide bonds. The molecule has 48 heavy (non-hydrogen) atoms. The number of amides is 1. The van der Waals surface area contributed by atoms with Gasteiger partial charge in [0.05, 0.1) is 16.0 Å². The lowest BCUT2D eigenvalue weighted by Crippen LogP contribution is -2.54. The fourth-order valence-electron chi connectivity index (χ4n) is 6.45. The van der Waals surface area contributed by atoms with E-state index in [0.717, 1.165) is 35.4 Å². The second kappa shape index (κ2) is 12.1. The number of fused-ring (bicyclic) bond motifs is 1. The number of carbonyl (C=O) groups excluding carboxylic acids is 1. The van der Waals surface area contributed by atoms with Gasteiger partial charge < -0.3 is 9.80 Å². The molecule has 6 rings (SSSR count). The Morgan fingerprint density at radius 3 is 2.35 bits per heavy atom. The van der Waals surface area contributed by atoms with Crippen molar-refractivity contribution in [2.75, 3.05) is 30.8 Å². The number of carbonyl (C=O) groups is 1. The summed E-state index contributed by atoms with van der Waals surface area (Å²) in [7, 11) is -4.01. The van der Waals surface area contributed by atoms with Gasteiger partial charge in [0.1, 0.15) is 28.7 Å². The molecule has 1 aliphatic carbocycles. The lowest BCUT2D eigenvalue weighted by molar-refractivity contribution is -0.139. The van der Waals surface area contributed by atoms with Crippen LogP contribution in [0, 0.1) is 11.6 Å². The van der Waals surface area contributed by atoms with E-state index in [4.69, 9.17) is 0 Å². The highest BCUT2D eigenvalue weighted by Crippen LogP contribution is 2.43. The van der Waals surface area contributed by atoms with Gasteiger partial charge in [-0.25, -0.2) is 31.5 Å². The molecular formula is C33H30F5N5O4S. The van der Waals surface area contributed by atoms with Crippen LogP contribution in [0.2, 0.25) is 0 Å². The molecule has 15 heteroatoms. The molecule has 9 nitrogen and oxygen atoms in total. The molecule has 4 aromatic rings. The summed E-state index contributed by atoms with van der Waals surface area (Å²) in [6.07, 6.45) is -0.877. The van der Waals surface area contributed by atoms with Crippen molar-refractivity contribution in [1.82, 2.24) is 19.4 Å². The average Bonchev–Trinajstić information content (AvgIpc) is 2.98. The van der Waals surface area contributed by atoms with E-state index in [2.05, 4.69) is 16.5 Å². The van der Waals surface area contributed by atoms with E-state index < -0.39 is 56.2 Å². The van der Waals surface area contributed by atoms with Gasteiger partial charge in [-0.2, -0.15) is 18.2 Å². The number of hydrogen-bond acceptors (Lipinski definition) is 7. The number of anilines is 1. The lowest BCUT2D eigenvalue weighted by Gasteiger charge is -2.40. The minimum absolute atomic E-state index is 0.0558. The Kier molecular flexibility index (Phi) is 8.38. The largest absolute Gasteiger partial charge is 0.419 e. The first kappa shape index (κ1) is 33.2. The van der Waals surface area contributed by atoms with Gasteiger partial charge in [-0.05, 0) is 55.5 Å². The van der Waals surface area contributed by atoms with Gasteiger partial charge in [0.15, 0.2) is 15.5 Å². The maximum absolute atomic E-state index is 16.1. The number of para-hydroxylation sites is 1. The summed E-state index contributed by atoms with van der Waals surface area (Å²) in [6, 6.07) is 7.35. The quantitative estimate of drug-likeness (QED) is 0.191. The molecule has 252 valence electrons. The third-order valence-corrected chi connectivity index (χ3v) is 10.1. The summed E-state index contributed by atoms with van der Waals surface area (Å²) in [6.45, 7) is 5.77. The van der Waals surface area contributed by atoms with Crippen LogP contribution >= 0.6 is 0 Å². The Hall–Kier alpha value is -4.66. The Morgan fingerprint density at radius 2 is 1.75 bits per heavy atom. The van der Waals surface area contributed by atoms with E-state index in [1.54, 1.807) is 17.9 Å². The van der Waals surface area contributed by atoms with Crippen LogP contribution in [0.3, 0.4) is 0 Å². The lowest BCUT2D eigenvalue weighted by atomic mass is 9.79. The summed E-state index contributed by atoms with van der Waals surface area (Å²) in [5, 5.41) is -0.0981. The number of halogens is 5. The first-order chi connectivity index (χ1) is 22.6. The van der Waals surface area contributed by atoms with E-state index in [1.165, 1.54) is 23.1 Å². The summed E-state index contributed by atoms with van der Waals surface area (Å²) in [5.74, 6) is -3.41. The van der Waals surface area contributed by atoms with Gasteiger partial charge in [0.25, 0.3) is 0 Å². The molecule has 0 bridgehead atoms. The highest BCUT2D eigenvalue weighted by molar-refractivity contribution is 7.90. The summed E-state index contributed by atoms with van der Waals surface area (Å²) in [4.78, 5) is 38.0. The summed E-state index contributed by atoms with van der Waals surface area (Å²) < 4.78 is 100. The van der Waals surface area contributed by atoms with E-state index in [0.29, 0.717) is 24.5 Å². The Balaban J connectivity index is 1.71. The molecule has 0 unspecified atom stereocenters. The highest BCUT2D eigenvalue weighted by atomic mass is 32.2. The van der Waals surface area contributed by atoms with Crippen molar-refractivity contribution < 1.29 is 35.2 Å². The summed E-state index contributed by atoms with van der Waals surface area (Å²) >= 11 is 0. The van der Waals surface area contributed by atoms with Gasteiger partial charge in [0, 0.05) is 37.5 Å². The van der Waals surface area contributed by atoms with E-state index >= 15 is 4.39 Å². The molecule has 1 saturated heterocycles. The van der Waals surface area contributed by atoms with Crippen LogP contribution < -0.4 is 10.6 Å². The standard InChI is InChI=1S/C33H30F5N5O4S/c1-4-26(44)41-14-15-42(18(2)17-41)30-22-16-24(35)28(21-11-6-12-23(34)27(21)33(36,37)38)39-31(22)43(32(45)40-30)29-20(19-8-5-9-19)10-7-13-25(29)48(3,46)47/h4,6-7,10-13,16,18-19H,1,5,8-9,14-15,17H2,2-3H3/t18-/m0/s1. The second-order valence-electron chi connectivity index (χ2n) is 12.0. The van der Waals surface area contributed by atoms with E-state index in [-0.39, 0.29) is 58.9 Å². The minimum atomic E-state index is -5.23. The first-order valence-corrected chi connectivity index (χ1v) is 17.0. The normalized spacial score (nSPS) is 17.4. The fourth-order valence-corrected chi connectivity index (χ4v) is 7.34. The molecule has 0 radical (unpaired) electrons. The third-order valence-electron chi connectivity index (χ3n) is 8.94. The van der Waals surface area contributed by atoms with Crippen LogP contribution in [0.4, 0.5) is 27.8 Å². The van der Waals surface area contributed by atoms with Crippen LogP contribution in [0.25, 0.3) is 28.0 Å². The van der Waals surface area contributed by atoms with Crippen LogP contribution in [0.5, 0.6) is 0 Å². The first-order valence-electron chi connectivity index (χ1n) is 15.1. The van der Waals surface area contributed by atoms with Crippen LogP contribution in [-0.2, 0) is 20.8 Å². The molecule has 2 fully saturated rings. The number of piperazine rings is 1. The maximum Gasteiger partial charge on any atom is 0.419 e. The van der Waals surface area contributed by atoms with Crippen molar-refractivity contribution in [3.8, 4) is 16.9 Å². The number of hydrogen-bond donors (Lipinski definition) is 0. The van der Waals surface area contributed by atoms with Gasteiger partial charge in [-0.15, -0.1) is 0 Å². The zero-order valence-electron chi connectivity index (χ0n) is 25.9. The Morgan fingerprint density at radius 1 is 1.04 bits per heavy atom. The average molecular weight is 688 g/mol. The fraction of sp³-hybridized carbons (Fsp3) is 0.333. The Bertz CT molecular complexity index is 2150. The van der Waals surface area contributed by atoms with E-state index in [1.807, 2.05) is 0 Å². The number of benzene rings is 2. The van der Waals surface area contributed by atoms with Gasteiger partial charge >= 0.3 is 11.9 Å². The molecular weight excluding hydrogens is 657 g/mol. The van der Waals surface area contributed by atoms with Crippen molar-refractivity contribution in [1.29, 1.82) is 0 Å². The van der Waals surface area contributed by atoms with Gasteiger partial charge in [-0.1, -0.05) is 37.3 Å². The molecule has 1 aliphatic heterocycles. The maximum atomic E-state index is 16.1. The van der Waals surface area contributed by atoms with Gasteiger partial charge in [-0.3, -0.25) is 4.79 Å². The van der Waals surface area contributed by atoms with Crippen molar-refractivity contribution in [2.45, 2.75) is 49.2 Å². The van der Waals surface area contributed by atoms with Crippen LogP contribution in [-0.4, -0.2) is 65.7 Å². The zero-order chi connectivity index (χ0) is 34.7. The van der Waals surface area contributed by atoms with Gasteiger partial charge in [0.2, 0.25) is 5.91 Å². The van der Waals surface area contributed by atoms with Crippen LogP contribution in [0.15, 0.2) is 64.8 Å². The minimum Gasteiger partial charge on any atom is -0.350 e. The predicted molar refractivity (Wildman–Crippen MR) is 169 cm³/mol. The zero-order valence-corrected chi connectivity index (χ0v) is 26.7. The predicted octanol–water partition coefficient (Wildman–Crippen LogP) is 5.64. The van der Waals surface area contributed by atoms with Crippen molar-refractivity contribution in [3.63, 3.8) is 0 Å². The SMILES string of the molecule is C=CC(=O)N1CCN(c2nc(=O)n(-c3c(C4CCC4)cccc3S(C)(=O)=O)c3nc(-c4cccc(F)c4C(F)(F)F)c(F)cc23)[C@@H](C)C1. The number of nitrogens with zero attached hydrogens (tertiary/aromatic N) is 5. The smallest absolute Gasteiger partial charge is 0.350 e. The molecule has 1 saturated carbocycles. The molecule has 2 aromatic carbocycles. The monoisotopic (exact) mass is 687 g/mol.